The van der Waals surface area contributed by atoms with Crippen LogP contribution in [-0.4, -0.2) is 42.2 Å². The molecule has 4 rings (SSSR count). The lowest BCUT2D eigenvalue weighted by atomic mass is 9.79. The molecule has 1 aromatic carbocycles. The number of hydrogen-bond acceptors (Lipinski definition) is 4. The van der Waals surface area contributed by atoms with Crippen molar-refractivity contribution in [3.63, 3.8) is 0 Å². The summed E-state index contributed by atoms with van der Waals surface area (Å²) in [7, 11) is 0. The molecule has 2 fully saturated rings. The number of halogens is 1. The molecule has 106 valence electrons. The molecule has 3 nitrogen and oxygen atoms in total. The van der Waals surface area contributed by atoms with E-state index >= 15 is 0 Å². The second-order valence-electron chi connectivity index (χ2n) is 5.63. The maximum atomic E-state index is 5.42. The van der Waals surface area contributed by atoms with Crippen molar-refractivity contribution < 1.29 is 4.74 Å². The fraction of sp³-hybridized carbons (Fsp3) is 0.533. The zero-order chi connectivity index (χ0) is 13.5. The lowest BCUT2D eigenvalue weighted by Gasteiger charge is -2.43. The fourth-order valence-electron chi connectivity index (χ4n) is 3.12. The maximum Gasteiger partial charge on any atom is 0.0970 e. The molecule has 0 radical (unpaired) electrons. The van der Waals surface area contributed by atoms with Crippen molar-refractivity contribution in [3.8, 4) is 0 Å². The number of morpholine rings is 1. The topological polar surface area (TPSA) is 25.4 Å². The minimum atomic E-state index is 0.666. The highest BCUT2D eigenvalue weighted by molar-refractivity contribution is 9.10. The summed E-state index contributed by atoms with van der Waals surface area (Å²) in [5.41, 5.74) is 1.14. The van der Waals surface area contributed by atoms with Crippen LogP contribution in [0, 0.1) is 0 Å². The zero-order valence-corrected chi connectivity index (χ0v) is 13.6. The molecule has 1 aliphatic carbocycles. The summed E-state index contributed by atoms with van der Waals surface area (Å²) in [6, 6.07) is 7.11. The third-order valence-corrected chi connectivity index (χ3v) is 6.07. The molecule has 1 aromatic heterocycles. The van der Waals surface area contributed by atoms with E-state index < -0.39 is 0 Å². The normalized spacial score (nSPS) is 27.6. The van der Waals surface area contributed by atoms with Crippen LogP contribution in [0.25, 0.3) is 10.2 Å². The number of aromatic nitrogens is 1. The predicted octanol–water partition coefficient (Wildman–Crippen LogP) is 3.64. The van der Waals surface area contributed by atoms with Crippen LogP contribution in [0.5, 0.6) is 0 Å². The standard InChI is InChI=1S/C15H17BrN2OS/c16-11-1-2-13-14(9-11)20-15(17-13)10-7-12(8-10)18-3-5-19-6-4-18/h1-2,9-10,12H,3-8H2/t10-,12-. The van der Waals surface area contributed by atoms with Crippen LogP contribution in [0.4, 0.5) is 0 Å². The molecule has 0 N–H and O–H groups in total. The van der Waals surface area contributed by atoms with E-state index in [1.54, 1.807) is 0 Å². The van der Waals surface area contributed by atoms with Gasteiger partial charge in [0.2, 0.25) is 0 Å². The van der Waals surface area contributed by atoms with Gasteiger partial charge in [-0.05, 0) is 31.0 Å². The molecule has 0 bridgehead atoms. The SMILES string of the molecule is Brc1ccc2nc([C@H]3C[C@H](N4CCOCC4)C3)sc2c1. The second-order valence-corrected chi connectivity index (χ2v) is 7.61. The van der Waals surface area contributed by atoms with Crippen molar-refractivity contribution in [2.24, 2.45) is 0 Å². The lowest BCUT2D eigenvalue weighted by Crippen LogP contribution is -2.48. The van der Waals surface area contributed by atoms with Gasteiger partial charge < -0.3 is 4.74 Å². The zero-order valence-electron chi connectivity index (χ0n) is 11.2. The molecule has 0 amide bonds. The van der Waals surface area contributed by atoms with E-state index in [0.29, 0.717) is 5.92 Å². The van der Waals surface area contributed by atoms with Crippen LogP contribution in [0.15, 0.2) is 22.7 Å². The molecule has 1 saturated carbocycles. The molecule has 0 atom stereocenters. The first-order valence-electron chi connectivity index (χ1n) is 7.17. The Bertz CT molecular complexity index is 617. The van der Waals surface area contributed by atoms with E-state index in [1.807, 2.05) is 11.3 Å². The van der Waals surface area contributed by atoms with Crippen molar-refractivity contribution in [1.29, 1.82) is 0 Å². The van der Waals surface area contributed by atoms with Gasteiger partial charge in [0, 0.05) is 29.5 Å². The highest BCUT2D eigenvalue weighted by Gasteiger charge is 2.36. The molecule has 0 spiro atoms. The smallest absolute Gasteiger partial charge is 0.0970 e. The third kappa shape index (κ3) is 2.41. The summed E-state index contributed by atoms with van der Waals surface area (Å²) in [4.78, 5) is 7.40. The Morgan fingerprint density at radius 1 is 1.25 bits per heavy atom. The molecule has 1 aliphatic heterocycles. The second kappa shape index (κ2) is 5.37. The van der Waals surface area contributed by atoms with Crippen molar-refractivity contribution in [1.82, 2.24) is 9.88 Å². The van der Waals surface area contributed by atoms with Gasteiger partial charge in [0.1, 0.15) is 0 Å². The van der Waals surface area contributed by atoms with Gasteiger partial charge in [0.05, 0.1) is 28.4 Å². The molecular formula is C15H17BrN2OS. The Balaban J connectivity index is 1.46. The first kappa shape index (κ1) is 13.2. The number of ether oxygens (including phenoxy) is 1. The number of hydrogen-bond donors (Lipinski definition) is 0. The van der Waals surface area contributed by atoms with Crippen molar-refractivity contribution in [2.75, 3.05) is 26.3 Å². The van der Waals surface area contributed by atoms with Gasteiger partial charge in [-0.1, -0.05) is 15.9 Å². The van der Waals surface area contributed by atoms with Crippen LogP contribution in [0.2, 0.25) is 0 Å². The van der Waals surface area contributed by atoms with Gasteiger partial charge in [-0.15, -0.1) is 11.3 Å². The summed E-state index contributed by atoms with van der Waals surface area (Å²) < 4.78 is 7.86. The van der Waals surface area contributed by atoms with Crippen LogP contribution >= 0.6 is 27.3 Å². The van der Waals surface area contributed by atoms with Gasteiger partial charge >= 0.3 is 0 Å². The van der Waals surface area contributed by atoms with Crippen LogP contribution in [-0.2, 0) is 4.74 Å². The van der Waals surface area contributed by atoms with Gasteiger partial charge in [-0.3, -0.25) is 4.90 Å². The first-order valence-corrected chi connectivity index (χ1v) is 8.78. The summed E-state index contributed by atoms with van der Waals surface area (Å²) in [5.74, 6) is 0.666. The fourth-order valence-corrected chi connectivity index (χ4v) is 4.77. The average molecular weight is 353 g/mol. The Hall–Kier alpha value is -0.490. The molecule has 2 aliphatic rings. The number of fused-ring (bicyclic) bond motifs is 1. The average Bonchev–Trinajstić information content (AvgIpc) is 2.80. The highest BCUT2D eigenvalue weighted by atomic mass is 79.9. The molecular weight excluding hydrogens is 336 g/mol. The molecule has 2 heterocycles. The van der Waals surface area contributed by atoms with E-state index in [2.05, 4.69) is 39.0 Å². The van der Waals surface area contributed by atoms with E-state index in [4.69, 9.17) is 9.72 Å². The van der Waals surface area contributed by atoms with E-state index in [0.717, 1.165) is 42.3 Å². The Morgan fingerprint density at radius 2 is 2.05 bits per heavy atom. The van der Waals surface area contributed by atoms with Gasteiger partial charge in [0.15, 0.2) is 0 Å². The minimum Gasteiger partial charge on any atom is -0.379 e. The molecule has 2 aromatic rings. The minimum absolute atomic E-state index is 0.666. The largest absolute Gasteiger partial charge is 0.379 e. The predicted molar refractivity (Wildman–Crippen MR) is 85.5 cm³/mol. The number of thiazole rings is 1. The third-order valence-electron chi connectivity index (χ3n) is 4.39. The Morgan fingerprint density at radius 3 is 2.85 bits per heavy atom. The maximum absolute atomic E-state index is 5.42. The van der Waals surface area contributed by atoms with E-state index in [9.17, 15) is 0 Å². The summed E-state index contributed by atoms with van der Waals surface area (Å²) in [5, 5.41) is 1.32. The molecule has 5 heteroatoms. The quantitative estimate of drug-likeness (QED) is 0.824. The number of rotatable bonds is 2. The summed E-state index contributed by atoms with van der Waals surface area (Å²) >= 11 is 5.39. The summed E-state index contributed by atoms with van der Waals surface area (Å²) in [6.45, 7) is 4.00. The summed E-state index contributed by atoms with van der Waals surface area (Å²) in [6.07, 6.45) is 2.53. The highest BCUT2D eigenvalue weighted by Crippen LogP contribution is 2.42. The Kier molecular flexibility index (Phi) is 3.54. The van der Waals surface area contributed by atoms with Gasteiger partial charge in [0.25, 0.3) is 0 Å². The molecule has 0 unspecified atom stereocenters. The molecule has 1 saturated heterocycles. The van der Waals surface area contributed by atoms with Crippen molar-refractivity contribution in [2.45, 2.75) is 24.8 Å². The van der Waals surface area contributed by atoms with Crippen molar-refractivity contribution in [3.05, 3.63) is 27.7 Å². The monoisotopic (exact) mass is 352 g/mol. The first-order chi connectivity index (χ1) is 9.79. The van der Waals surface area contributed by atoms with Gasteiger partial charge in [-0.25, -0.2) is 4.98 Å². The molecule has 20 heavy (non-hydrogen) atoms. The van der Waals surface area contributed by atoms with E-state index in [-0.39, 0.29) is 0 Å². The van der Waals surface area contributed by atoms with Crippen molar-refractivity contribution >= 4 is 37.5 Å². The van der Waals surface area contributed by atoms with Crippen LogP contribution in [0.3, 0.4) is 0 Å². The van der Waals surface area contributed by atoms with Crippen LogP contribution < -0.4 is 0 Å². The number of benzene rings is 1. The number of nitrogens with zero attached hydrogens (tertiary/aromatic N) is 2. The van der Waals surface area contributed by atoms with E-state index in [1.165, 1.54) is 22.5 Å². The van der Waals surface area contributed by atoms with Gasteiger partial charge in [-0.2, -0.15) is 0 Å². The lowest BCUT2D eigenvalue weighted by molar-refractivity contribution is -0.00698. The Labute approximate surface area is 131 Å². The van der Waals surface area contributed by atoms with Crippen LogP contribution in [0.1, 0.15) is 23.8 Å².